The molecule has 0 atom stereocenters. The van der Waals surface area contributed by atoms with Crippen molar-refractivity contribution >= 4 is 23.0 Å². The van der Waals surface area contributed by atoms with Crippen molar-refractivity contribution in [2.24, 2.45) is 11.5 Å². The Morgan fingerprint density at radius 1 is 0.741 bits per heavy atom. The summed E-state index contributed by atoms with van der Waals surface area (Å²) in [4.78, 5) is 4.21. The van der Waals surface area contributed by atoms with E-state index in [0.717, 1.165) is 35.6 Å². The molecule has 7 nitrogen and oxygen atoms in total. The molecule has 27 heavy (non-hydrogen) atoms. The second kappa shape index (κ2) is 9.59. The fraction of sp³-hybridized carbons (Fsp3) is 0.300. The van der Waals surface area contributed by atoms with Gasteiger partial charge in [-0.15, -0.1) is 0 Å². The summed E-state index contributed by atoms with van der Waals surface area (Å²) in [5.41, 5.74) is 14.5. The number of benzene rings is 2. The van der Waals surface area contributed by atoms with Crippen molar-refractivity contribution in [3.05, 3.63) is 59.7 Å². The summed E-state index contributed by atoms with van der Waals surface area (Å²) in [6, 6.07) is 15.2. The molecule has 144 valence electrons. The molecule has 0 heterocycles. The lowest BCUT2D eigenvalue weighted by molar-refractivity contribution is 0.147. The number of rotatable bonds is 10. The van der Waals surface area contributed by atoms with Gasteiger partial charge in [-0.25, -0.2) is 0 Å². The lowest BCUT2D eigenvalue weighted by Gasteiger charge is -2.21. The van der Waals surface area contributed by atoms with Crippen molar-refractivity contribution < 1.29 is 4.74 Å². The van der Waals surface area contributed by atoms with E-state index in [1.807, 2.05) is 62.6 Å². The van der Waals surface area contributed by atoms with Crippen molar-refractivity contribution in [2.45, 2.75) is 0 Å². The zero-order valence-electron chi connectivity index (χ0n) is 15.9. The Morgan fingerprint density at radius 2 is 1.07 bits per heavy atom. The Morgan fingerprint density at radius 3 is 1.37 bits per heavy atom. The Balaban J connectivity index is 1.70. The van der Waals surface area contributed by atoms with Gasteiger partial charge in [-0.2, -0.15) is 0 Å². The molecule has 0 aromatic heterocycles. The predicted octanol–water partition coefficient (Wildman–Crippen LogP) is 1.84. The number of nitrogens with two attached hydrogens (primary N) is 2. The van der Waals surface area contributed by atoms with Gasteiger partial charge < -0.3 is 26.0 Å². The van der Waals surface area contributed by atoms with Gasteiger partial charge in [0.1, 0.15) is 11.7 Å². The van der Waals surface area contributed by atoms with Gasteiger partial charge in [-0.05, 0) is 48.5 Å². The third kappa shape index (κ3) is 6.00. The summed E-state index contributed by atoms with van der Waals surface area (Å²) in [6.07, 6.45) is 0. The molecule has 7 heteroatoms. The smallest absolute Gasteiger partial charge is 0.122 e. The molecule has 0 aliphatic heterocycles. The van der Waals surface area contributed by atoms with E-state index in [1.165, 1.54) is 0 Å². The second-order valence-corrected chi connectivity index (χ2v) is 6.38. The molecule has 0 aliphatic rings. The zero-order chi connectivity index (χ0) is 19.8. The highest BCUT2D eigenvalue weighted by Crippen LogP contribution is 2.14. The highest BCUT2D eigenvalue weighted by molar-refractivity contribution is 5.95. The molecule has 0 fully saturated rings. The van der Waals surface area contributed by atoms with Crippen LogP contribution >= 0.6 is 0 Å². The van der Waals surface area contributed by atoms with E-state index in [9.17, 15) is 0 Å². The van der Waals surface area contributed by atoms with E-state index < -0.39 is 0 Å². The van der Waals surface area contributed by atoms with Crippen molar-refractivity contribution in [3.8, 4) is 0 Å². The monoisotopic (exact) mass is 368 g/mol. The van der Waals surface area contributed by atoms with Gasteiger partial charge in [0, 0.05) is 49.7 Å². The van der Waals surface area contributed by atoms with Crippen molar-refractivity contribution in [2.75, 3.05) is 50.2 Å². The van der Waals surface area contributed by atoms with Crippen LogP contribution in [0.5, 0.6) is 0 Å². The maximum atomic E-state index is 7.42. The Labute approximate surface area is 160 Å². The lowest BCUT2D eigenvalue weighted by atomic mass is 10.2. The highest BCUT2D eigenvalue weighted by Gasteiger charge is 2.04. The number of hydrogen-bond acceptors (Lipinski definition) is 5. The molecule has 0 radical (unpaired) electrons. The van der Waals surface area contributed by atoms with Gasteiger partial charge in [0.15, 0.2) is 0 Å². The molecule has 2 aromatic carbocycles. The molecule has 0 bridgehead atoms. The number of anilines is 2. The van der Waals surface area contributed by atoms with Gasteiger partial charge in [-0.3, -0.25) is 10.8 Å². The topological polar surface area (TPSA) is 115 Å². The van der Waals surface area contributed by atoms with Crippen molar-refractivity contribution in [1.29, 1.82) is 10.8 Å². The minimum Gasteiger partial charge on any atom is -0.384 e. The minimum atomic E-state index is 0.0765. The van der Waals surface area contributed by atoms with E-state index in [4.69, 9.17) is 27.0 Å². The standard InChI is InChI=1S/C20H28N6O/c1-25(17-7-3-15(4-8-17)19(21)22)11-13-27-14-12-26(2)18-9-5-16(6-10-18)20(23)24/h3-10H,11-14H2,1-2H3,(H3,21,22)(H3,23,24). The number of nitrogen functional groups attached to an aromatic ring is 2. The zero-order valence-corrected chi connectivity index (χ0v) is 15.9. The van der Waals surface area contributed by atoms with Crippen LogP contribution in [0.25, 0.3) is 0 Å². The number of nitrogens with zero attached hydrogens (tertiary/aromatic N) is 2. The summed E-state index contributed by atoms with van der Waals surface area (Å²) in [5, 5.41) is 14.8. The summed E-state index contributed by atoms with van der Waals surface area (Å²) < 4.78 is 5.75. The molecule has 0 spiro atoms. The van der Waals surface area contributed by atoms with Gasteiger partial charge in [0.05, 0.1) is 13.2 Å². The van der Waals surface area contributed by atoms with Crippen LogP contribution in [0.15, 0.2) is 48.5 Å². The minimum absolute atomic E-state index is 0.0765. The van der Waals surface area contributed by atoms with Gasteiger partial charge in [0.25, 0.3) is 0 Å². The van der Waals surface area contributed by atoms with Crippen LogP contribution in [0.4, 0.5) is 11.4 Å². The molecule has 6 N–H and O–H groups in total. The number of ether oxygens (including phenoxy) is 1. The number of likely N-dealkylation sites (N-methyl/N-ethyl adjacent to an activating group) is 2. The van der Waals surface area contributed by atoms with Gasteiger partial charge in [0.2, 0.25) is 0 Å². The first-order chi connectivity index (χ1) is 12.9. The number of amidine groups is 2. The maximum absolute atomic E-state index is 7.42. The predicted molar refractivity (Wildman–Crippen MR) is 112 cm³/mol. The summed E-state index contributed by atoms with van der Waals surface area (Å²) in [6.45, 7) is 2.80. The third-order valence-electron chi connectivity index (χ3n) is 4.38. The van der Waals surface area contributed by atoms with E-state index in [2.05, 4.69) is 9.80 Å². The molecule has 0 aliphatic carbocycles. The first-order valence-corrected chi connectivity index (χ1v) is 8.77. The molecule has 2 rings (SSSR count). The lowest BCUT2D eigenvalue weighted by Crippen LogP contribution is -2.26. The number of hydrogen-bond donors (Lipinski definition) is 4. The molecule has 0 saturated heterocycles. The van der Waals surface area contributed by atoms with Crippen LogP contribution < -0.4 is 21.3 Å². The molecular weight excluding hydrogens is 340 g/mol. The fourth-order valence-corrected chi connectivity index (χ4v) is 2.55. The van der Waals surface area contributed by atoms with Gasteiger partial charge >= 0.3 is 0 Å². The normalized spacial score (nSPS) is 10.4. The largest absolute Gasteiger partial charge is 0.384 e. The molecule has 2 aromatic rings. The highest BCUT2D eigenvalue weighted by atomic mass is 16.5. The fourth-order valence-electron chi connectivity index (χ4n) is 2.55. The van der Waals surface area contributed by atoms with Crippen LogP contribution in [0.3, 0.4) is 0 Å². The Kier molecular flexibility index (Phi) is 7.19. The van der Waals surface area contributed by atoms with E-state index in [0.29, 0.717) is 13.2 Å². The van der Waals surface area contributed by atoms with Crippen molar-refractivity contribution in [1.82, 2.24) is 0 Å². The van der Waals surface area contributed by atoms with Crippen LogP contribution in [-0.2, 0) is 4.74 Å². The van der Waals surface area contributed by atoms with Crippen molar-refractivity contribution in [3.63, 3.8) is 0 Å². The molecule has 0 saturated carbocycles. The van der Waals surface area contributed by atoms with E-state index in [-0.39, 0.29) is 11.7 Å². The van der Waals surface area contributed by atoms with Crippen LogP contribution in [0, 0.1) is 10.8 Å². The summed E-state index contributed by atoms with van der Waals surface area (Å²) in [5.74, 6) is 0.153. The third-order valence-corrected chi connectivity index (χ3v) is 4.38. The number of nitrogens with one attached hydrogen (secondary N) is 2. The molecule has 0 amide bonds. The Hall–Kier alpha value is -3.06. The SMILES string of the molecule is CN(CCOCCN(C)c1ccc(C(=N)N)cc1)c1ccc(C(=N)N)cc1. The quantitative estimate of drug-likeness (QED) is 0.290. The summed E-state index contributed by atoms with van der Waals surface area (Å²) >= 11 is 0. The van der Waals surface area contributed by atoms with Crippen LogP contribution in [0.1, 0.15) is 11.1 Å². The van der Waals surface area contributed by atoms with Crippen LogP contribution in [-0.4, -0.2) is 52.1 Å². The Bertz CT molecular complexity index is 692. The van der Waals surface area contributed by atoms with E-state index in [1.54, 1.807) is 0 Å². The first-order valence-electron chi connectivity index (χ1n) is 8.77. The van der Waals surface area contributed by atoms with E-state index >= 15 is 0 Å². The first kappa shape index (κ1) is 20.3. The average Bonchev–Trinajstić information content (AvgIpc) is 2.67. The maximum Gasteiger partial charge on any atom is 0.122 e. The molecule has 0 unspecified atom stereocenters. The molecular formula is C20H28N6O. The summed E-state index contributed by atoms with van der Waals surface area (Å²) in [7, 11) is 4.02. The van der Waals surface area contributed by atoms with Gasteiger partial charge in [-0.1, -0.05) is 0 Å². The van der Waals surface area contributed by atoms with Crippen LogP contribution in [0.2, 0.25) is 0 Å². The second-order valence-electron chi connectivity index (χ2n) is 6.38. The average molecular weight is 368 g/mol.